The lowest BCUT2D eigenvalue weighted by Crippen LogP contribution is -2.30. The fourth-order valence-electron chi connectivity index (χ4n) is 2.49. The SMILES string of the molecule is CC(CCc1ccccc1[N+](=O)[O-])NCC(O)c1ccc(F)cc1. The van der Waals surface area contributed by atoms with E-state index in [2.05, 4.69) is 5.32 Å². The predicted octanol–water partition coefficient (Wildman–Crippen LogP) is 3.38. The van der Waals surface area contributed by atoms with Gasteiger partial charge in [-0.2, -0.15) is 0 Å². The highest BCUT2D eigenvalue weighted by Crippen LogP contribution is 2.20. The molecule has 2 aromatic rings. The first-order chi connectivity index (χ1) is 11.5. The number of para-hydroxylation sites is 1. The van der Waals surface area contributed by atoms with Crippen LogP contribution < -0.4 is 5.32 Å². The van der Waals surface area contributed by atoms with Crippen LogP contribution in [0.4, 0.5) is 10.1 Å². The van der Waals surface area contributed by atoms with Crippen molar-refractivity contribution in [2.45, 2.75) is 31.9 Å². The van der Waals surface area contributed by atoms with Crippen LogP contribution in [0.2, 0.25) is 0 Å². The van der Waals surface area contributed by atoms with Crippen LogP contribution in [0.3, 0.4) is 0 Å². The maximum Gasteiger partial charge on any atom is 0.272 e. The monoisotopic (exact) mass is 332 g/mol. The Balaban J connectivity index is 1.82. The lowest BCUT2D eigenvalue weighted by molar-refractivity contribution is -0.385. The number of nitro benzene ring substituents is 1. The van der Waals surface area contributed by atoms with Crippen LogP contribution in [0.25, 0.3) is 0 Å². The van der Waals surface area contributed by atoms with E-state index in [-0.39, 0.29) is 22.5 Å². The van der Waals surface area contributed by atoms with Crippen LogP contribution in [-0.2, 0) is 6.42 Å². The second-order valence-electron chi connectivity index (χ2n) is 5.80. The van der Waals surface area contributed by atoms with Crippen molar-refractivity contribution in [3.8, 4) is 0 Å². The van der Waals surface area contributed by atoms with Crippen LogP contribution in [0.1, 0.15) is 30.6 Å². The predicted molar refractivity (Wildman–Crippen MR) is 90.2 cm³/mol. The van der Waals surface area contributed by atoms with Gasteiger partial charge in [-0.25, -0.2) is 4.39 Å². The van der Waals surface area contributed by atoms with Gasteiger partial charge in [-0.05, 0) is 37.5 Å². The molecule has 2 aromatic carbocycles. The molecule has 0 saturated heterocycles. The number of nitro groups is 1. The minimum atomic E-state index is -0.723. The third kappa shape index (κ3) is 5.11. The Hall–Kier alpha value is -2.31. The van der Waals surface area contributed by atoms with E-state index in [1.807, 2.05) is 6.92 Å². The zero-order valence-electron chi connectivity index (χ0n) is 13.5. The van der Waals surface area contributed by atoms with Gasteiger partial charge in [0.25, 0.3) is 5.69 Å². The van der Waals surface area contributed by atoms with Crippen LogP contribution >= 0.6 is 0 Å². The number of aliphatic hydroxyl groups is 1. The van der Waals surface area contributed by atoms with Gasteiger partial charge in [0.15, 0.2) is 0 Å². The van der Waals surface area contributed by atoms with Gasteiger partial charge in [0, 0.05) is 24.2 Å². The number of aryl methyl sites for hydroxylation is 1. The molecule has 2 N–H and O–H groups in total. The highest BCUT2D eigenvalue weighted by atomic mass is 19.1. The third-order valence-electron chi connectivity index (χ3n) is 3.95. The first-order valence-corrected chi connectivity index (χ1v) is 7.86. The first kappa shape index (κ1) is 18.0. The van der Waals surface area contributed by atoms with Gasteiger partial charge in [-0.1, -0.05) is 30.3 Å². The number of hydrogen-bond donors (Lipinski definition) is 2. The summed E-state index contributed by atoms with van der Waals surface area (Å²) in [6.07, 6.45) is 0.568. The van der Waals surface area contributed by atoms with Crippen molar-refractivity contribution in [3.63, 3.8) is 0 Å². The summed E-state index contributed by atoms with van der Waals surface area (Å²) in [5.74, 6) is -0.336. The van der Waals surface area contributed by atoms with Crippen LogP contribution in [-0.4, -0.2) is 22.6 Å². The first-order valence-electron chi connectivity index (χ1n) is 7.86. The van der Waals surface area contributed by atoms with Gasteiger partial charge in [0.1, 0.15) is 5.82 Å². The van der Waals surface area contributed by atoms with Crippen molar-refractivity contribution in [3.05, 3.63) is 75.6 Å². The normalized spacial score (nSPS) is 13.5. The maximum atomic E-state index is 12.9. The fraction of sp³-hybridized carbons (Fsp3) is 0.333. The summed E-state index contributed by atoms with van der Waals surface area (Å²) < 4.78 is 12.9. The van der Waals surface area contributed by atoms with Crippen LogP contribution in [0.5, 0.6) is 0 Å². The van der Waals surface area contributed by atoms with E-state index < -0.39 is 6.10 Å². The van der Waals surface area contributed by atoms with Gasteiger partial charge in [-0.3, -0.25) is 10.1 Å². The van der Waals surface area contributed by atoms with E-state index in [1.165, 1.54) is 18.2 Å². The Labute approximate surface area is 140 Å². The number of hydrogen-bond acceptors (Lipinski definition) is 4. The number of nitrogens with zero attached hydrogens (tertiary/aromatic N) is 1. The van der Waals surface area contributed by atoms with Gasteiger partial charge in [0.2, 0.25) is 0 Å². The molecule has 2 rings (SSSR count). The van der Waals surface area contributed by atoms with Crippen molar-refractivity contribution in [1.82, 2.24) is 5.32 Å². The molecule has 2 atom stereocenters. The molecule has 0 aliphatic heterocycles. The molecular weight excluding hydrogens is 311 g/mol. The topological polar surface area (TPSA) is 75.4 Å². The quantitative estimate of drug-likeness (QED) is 0.574. The highest BCUT2D eigenvalue weighted by molar-refractivity contribution is 5.39. The molecule has 24 heavy (non-hydrogen) atoms. The average molecular weight is 332 g/mol. The van der Waals surface area contributed by atoms with Gasteiger partial charge in [-0.15, -0.1) is 0 Å². The minimum absolute atomic E-state index is 0.0832. The lowest BCUT2D eigenvalue weighted by atomic mass is 10.0. The van der Waals surface area contributed by atoms with E-state index in [4.69, 9.17) is 0 Å². The number of benzene rings is 2. The number of rotatable bonds is 8. The Morgan fingerprint density at radius 2 is 1.88 bits per heavy atom. The molecule has 6 heteroatoms. The Morgan fingerprint density at radius 1 is 1.21 bits per heavy atom. The van der Waals surface area contributed by atoms with E-state index >= 15 is 0 Å². The summed E-state index contributed by atoms with van der Waals surface area (Å²) in [5.41, 5.74) is 1.49. The second kappa shape index (κ2) is 8.52. The number of halogens is 1. The van der Waals surface area contributed by atoms with Gasteiger partial charge < -0.3 is 10.4 Å². The molecule has 0 fully saturated rings. The molecular formula is C18H21FN2O3. The van der Waals surface area contributed by atoms with Crippen molar-refractivity contribution in [2.24, 2.45) is 0 Å². The third-order valence-corrected chi connectivity index (χ3v) is 3.95. The minimum Gasteiger partial charge on any atom is -0.387 e. The van der Waals surface area contributed by atoms with Gasteiger partial charge >= 0.3 is 0 Å². The van der Waals surface area contributed by atoms with Crippen molar-refractivity contribution >= 4 is 5.69 Å². The van der Waals surface area contributed by atoms with E-state index in [9.17, 15) is 19.6 Å². The van der Waals surface area contributed by atoms with E-state index in [0.29, 0.717) is 30.5 Å². The summed E-state index contributed by atoms with van der Waals surface area (Å²) in [4.78, 5) is 10.6. The molecule has 0 radical (unpaired) electrons. The van der Waals surface area contributed by atoms with Crippen molar-refractivity contribution < 1.29 is 14.4 Å². The summed E-state index contributed by atoms with van der Waals surface area (Å²) in [7, 11) is 0. The molecule has 0 saturated carbocycles. The Bertz CT molecular complexity index is 676. The Kier molecular flexibility index (Phi) is 6.40. The summed E-state index contributed by atoms with van der Waals surface area (Å²) in [6, 6.07) is 12.5. The van der Waals surface area contributed by atoms with Crippen LogP contribution in [0, 0.1) is 15.9 Å². The van der Waals surface area contributed by atoms with E-state index in [1.54, 1.807) is 30.3 Å². The highest BCUT2D eigenvalue weighted by Gasteiger charge is 2.14. The van der Waals surface area contributed by atoms with Crippen molar-refractivity contribution in [1.29, 1.82) is 0 Å². The molecule has 0 heterocycles. The van der Waals surface area contributed by atoms with E-state index in [0.717, 1.165) is 0 Å². The summed E-state index contributed by atoms with van der Waals surface area (Å²) in [5, 5.41) is 24.3. The van der Waals surface area contributed by atoms with Crippen LogP contribution in [0.15, 0.2) is 48.5 Å². The smallest absolute Gasteiger partial charge is 0.272 e. The summed E-state index contributed by atoms with van der Waals surface area (Å²) in [6.45, 7) is 2.30. The Morgan fingerprint density at radius 3 is 2.54 bits per heavy atom. The molecule has 0 spiro atoms. The molecule has 0 amide bonds. The van der Waals surface area contributed by atoms with Crippen molar-refractivity contribution in [2.75, 3.05) is 6.54 Å². The molecule has 0 bridgehead atoms. The maximum absolute atomic E-state index is 12.9. The fourth-order valence-corrected chi connectivity index (χ4v) is 2.49. The number of aliphatic hydroxyl groups excluding tert-OH is 1. The number of nitrogens with one attached hydrogen (secondary N) is 1. The average Bonchev–Trinajstić information content (AvgIpc) is 2.58. The summed E-state index contributed by atoms with van der Waals surface area (Å²) >= 11 is 0. The molecule has 0 aromatic heterocycles. The molecule has 0 aliphatic carbocycles. The standard InChI is InChI=1S/C18H21FN2O3/c1-13(6-7-14-4-2-3-5-17(14)21(23)24)20-12-18(22)15-8-10-16(19)11-9-15/h2-5,8-11,13,18,20,22H,6-7,12H2,1H3. The lowest BCUT2D eigenvalue weighted by Gasteiger charge is -2.17. The van der Waals surface area contributed by atoms with Gasteiger partial charge in [0.05, 0.1) is 11.0 Å². The molecule has 2 unspecified atom stereocenters. The molecule has 0 aliphatic rings. The zero-order chi connectivity index (χ0) is 17.5. The molecule has 128 valence electrons. The molecule has 5 nitrogen and oxygen atoms in total. The second-order valence-corrected chi connectivity index (χ2v) is 5.80. The zero-order valence-corrected chi connectivity index (χ0v) is 13.5. The largest absolute Gasteiger partial charge is 0.387 e.